The van der Waals surface area contributed by atoms with E-state index >= 15 is 0 Å². The third-order valence-electron chi connectivity index (χ3n) is 1.25. The van der Waals surface area contributed by atoms with E-state index in [4.69, 9.17) is 15.7 Å². The molecular weight excluding hydrogens is 134 g/mol. The second kappa shape index (κ2) is 5.05. The average Bonchev–Trinajstić information content (AvgIpc) is 1.99. The van der Waals surface area contributed by atoms with Crippen molar-refractivity contribution in [2.75, 3.05) is 6.61 Å². The molecule has 0 aromatic rings. The molecule has 0 spiro atoms. The molecule has 0 amide bonds. The van der Waals surface area contributed by atoms with Gasteiger partial charge in [-0.3, -0.25) is 0 Å². The van der Waals surface area contributed by atoms with Crippen LogP contribution in [-0.2, 0) is 0 Å². The van der Waals surface area contributed by atoms with E-state index in [0.29, 0.717) is 6.42 Å². The topological polar surface area (TPSA) is 89.2 Å². The van der Waals surface area contributed by atoms with E-state index < -0.39 is 12.1 Å². The lowest BCUT2D eigenvalue weighted by Crippen LogP contribution is -2.26. The van der Waals surface area contributed by atoms with Crippen molar-refractivity contribution in [2.45, 2.75) is 25.5 Å². The normalized spacial score (nSPS) is 15.5. The summed E-state index contributed by atoms with van der Waals surface area (Å²) in [6.45, 7) is 1.44. The molecule has 0 aliphatic rings. The highest BCUT2D eigenvalue weighted by molar-refractivity contribution is 4.73. The summed E-state index contributed by atoms with van der Waals surface area (Å²) in [5.41, 5.74) is 7.95. The van der Waals surface area contributed by atoms with Crippen LogP contribution in [0.3, 0.4) is 0 Å². The zero-order valence-corrected chi connectivity index (χ0v) is 5.80. The molecular formula is C5H11N3O2. The Bertz CT molecular complexity index is 133. The van der Waals surface area contributed by atoms with Gasteiger partial charge in [0.05, 0.1) is 18.8 Å². The van der Waals surface area contributed by atoms with Crippen LogP contribution in [0.1, 0.15) is 13.3 Å². The van der Waals surface area contributed by atoms with Crippen LogP contribution in [0.5, 0.6) is 0 Å². The third-order valence-corrected chi connectivity index (χ3v) is 1.25. The van der Waals surface area contributed by atoms with Gasteiger partial charge in [-0.05, 0) is 12.0 Å². The monoisotopic (exact) mass is 145 g/mol. The molecule has 0 saturated heterocycles. The maximum absolute atomic E-state index is 9.02. The van der Waals surface area contributed by atoms with E-state index in [1.54, 1.807) is 6.92 Å². The summed E-state index contributed by atoms with van der Waals surface area (Å²) in [6.07, 6.45) is -0.259. The van der Waals surface area contributed by atoms with Gasteiger partial charge in [0, 0.05) is 4.91 Å². The highest BCUT2D eigenvalue weighted by atomic mass is 16.3. The highest BCUT2D eigenvalue weighted by Crippen LogP contribution is 2.01. The van der Waals surface area contributed by atoms with Crippen molar-refractivity contribution in [3.8, 4) is 0 Å². The predicted molar refractivity (Wildman–Crippen MR) is 36.3 cm³/mol. The lowest BCUT2D eigenvalue weighted by Gasteiger charge is -2.12. The summed E-state index contributed by atoms with van der Waals surface area (Å²) >= 11 is 0. The Morgan fingerprint density at radius 1 is 1.70 bits per heavy atom. The number of rotatable bonds is 4. The van der Waals surface area contributed by atoms with E-state index in [0.717, 1.165) is 0 Å². The molecule has 58 valence electrons. The zero-order valence-electron chi connectivity index (χ0n) is 5.80. The van der Waals surface area contributed by atoms with Crippen LogP contribution in [0.2, 0.25) is 0 Å². The molecule has 0 fully saturated rings. The van der Waals surface area contributed by atoms with E-state index in [1.807, 2.05) is 0 Å². The number of hydrogen-bond donors (Lipinski definition) is 2. The van der Waals surface area contributed by atoms with Crippen LogP contribution in [0.4, 0.5) is 0 Å². The van der Waals surface area contributed by atoms with Crippen LogP contribution >= 0.6 is 0 Å². The molecule has 0 radical (unpaired) electrons. The molecule has 0 aliphatic carbocycles. The minimum Gasteiger partial charge on any atom is -0.396 e. The largest absolute Gasteiger partial charge is 0.396 e. The second-order valence-corrected chi connectivity index (χ2v) is 1.93. The summed E-state index contributed by atoms with van der Waals surface area (Å²) < 4.78 is 0. The molecule has 2 atom stereocenters. The minimum absolute atomic E-state index is 0.306. The first-order valence-corrected chi connectivity index (χ1v) is 3.09. The zero-order chi connectivity index (χ0) is 7.98. The average molecular weight is 145 g/mol. The van der Waals surface area contributed by atoms with Crippen LogP contribution in [0, 0.1) is 0 Å². The third kappa shape index (κ3) is 2.68. The predicted octanol–water partition coefficient (Wildman–Crippen LogP) is 0.428. The summed E-state index contributed by atoms with van der Waals surface area (Å²) in [4.78, 5) is 2.48. The lowest BCUT2D eigenvalue weighted by atomic mass is 10.1. The van der Waals surface area contributed by atoms with Crippen molar-refractivity contribution in [1.82, 2.24) is 0 Å². The van der Waals surface area contributed by atoms with Gasteiger partial charge in [-0.2, -0.15) is 0 Å². The standard InChI is InChI=1S/C5H11N3O2/c1-2-5(10)4(3-9)7-8-6/h4-5,9-10H,2-3H2,1H3. The highest BCUT2D eigenvalue weighted by Gasteiger charge is 2.13. The fourth-order valence-electron chi connectivity index (χ4n) is 0.574. The number of hydrogen-bond acceptors (Lipinski definition) is 3. The number of azide groups is 1. The van der Waals surface area contributed by atoms with Crippen LogP contribution in [0.15, 0.2) is 5.11 Å². The summed E-state index contributed by atoms with van der Waals surface area (Å²) in [5.74, 6) is 0. The van der Waals surface area contributed by atoms with E-state index in [9.17, 15) is 0 Å². The summed E-state index contributed by atoms with van der Waals surface area (Å²) in [7, 11) is 0. The Morgan fingerprint density at radius 3 is 2.60 bits per heavy atom. The van der Waals surface area contributed by atoms with Gasteiger partial charge in [0.25, 0.3) is 0 Å². The summed E-state index contributed by atoms with van der Waals surface area (Å²) in [5, 5.41) is 20.8. The molecule has 0 saturated carbocycles. The van der Waals surface area contributed by atoms with Crippen molar-refractivity contribution in [3.05, 3.63) is 10.4 Å². The Balaban J connectivity index is 3.91. The van der Waals surface area contributed by atoms with Gasteiger partial charge in [-0.15, -0.1) is 0 Å². The molecule has 0 aliphatic heterocycles. The van der Waals surface area contributed by atoms with Crippen molar-refractivity contribution in [2.24, 2.45) is 5.11 Å². The van der Waals surface area contributed by atoms with Crippen molar-refractivity contribution >= 4 is 0 Å². The molecule has 0 aromatic carbocycles. The van der Waals surface area contributed by atoms with E-state index in [1.165, 1.54) is 0 Å². The van der Waals surface area contributed by atoms with Gasteiger partial charge in [0.15, 0.2) is 0 Å². The Morgan fingerprint density at radius 2 is 2.30 bits per heavy atom. The first-order valence-electron chi connectivity index (χ1n) is 3.09. The van der Waals surface area contributed by atoms with E-state index in [-0.39, 0.29) is 6.61 Å². The smallest absolute Gasteiger partial charge is 0.0864 e. The van der Waals surface area contributed by atoms with Crippen LogP contribution in [0.25, 0.3) is 10.4 Å². The molecule has 0 rings (SSSR count). The van der Waals surface area contributed by atoms with E-state index in [2.05, 4.69) is 10.0 Å². The first-order chi connectivity index (χ1) is 4.76. The first kappa shape index (κ1) is 9.23. The van der Waals surface area contributed by atoms with Crippen molar-refractivity contribution in [3.63, 3.8) is 0 Å². The van der Waals surface area contributed by atoms with Gasteiger partial charge < -0.3 is 10.2 Å². The summed E-state index contributed by atoms with van der Waals surface area (Å²) in [6, 6.07) is -0.699. The molecule has 5 nitrogen and oxygen atoms in total. The maximum Gasteiger partial charge on any atom is 0.0864 e. The number of nitrogens with zero attached hydrogens (tertiary/aromatic N) is 3. The van der Waals surface area contributed by atoms with Crippen LogP contribution in [-0.4, -0.2) is 29.0 Å². The Labute approximate surface area is 58.9 Å². The molecule has 5 heteroatoms. The fourth-order valence-corrected chi connectivity index (χ4v) is 0.574. The molecule has 0 bridgehead atoms. The lowest BCUT2D eigenvalue weighted by molar-refractivity contribution is 0.106. The molecule has 0 aromatic heterocycles. The number of aliphatic hydroxyl groups is 2. The minimum atomic E-state index is -0.735. The van der Waals surface area contributed by atoms with Gasteiger partial charge >= 0.3 is 0 Å². The Hall–Kier alpha value is -0.770. The molecule has 2 unspecified atom stereocenters. The van der Waals surface area contributed by atoms with Crippen molar-refractivity contribution in [1.29, 1.82) is 0 Å². The molecule has 2 N–H and O–H groups in total. The van der Waals surface area contributed by atoms with Gasteiger partial charge in [-0.25, -0.2) is 0 Å². The number of aliphatic hydroxyl groups excluding tert-OH is 2. The quantitative estimate of drug-likeness (QED) is 0.341. The van der Waals surface area contributed by atoms with Crippen LogP contribution < -0.4 is 0 Å². The fraction of sp³-hybridized carbons (Fsp3) is 1.00. The van der Waals surface area contributed by atoms with Gasteiger partial charge in [0.2, 0.25) is 0 Å². The van der Waals surface area contributed by atoms with Gasteiger partial charge in [-0.1, -0.05) is 12.0 Å². The molecule has 10 heavy (non-hydrogen) atoms. The van der Waals surface area contributed by atoms with Crippen molar-refractivity contribution < 1.29 is 10.2 Å². The SMILES string of the molecule is CCC(O)C(CO)N=[N+]=[N-]. The maximum atomic E-state index is 9.02. The second-order valence-electron chi connectivity index (χ2n) is 1.93. The Kier molecular flexibility index (Phi) is 4.66. The van der Waals surface area contributed by atoms with Gasteiger partial charge in [0.1, 0.15) is 0 Å². The molecule has 0 heterocycles.